The van der Waals surface area contributed by atoms with E-state index in [2.05, 4.69) is 18.0 Å². The Balaban J connectivity index is 2.00. The van der Waals surface area contributed by atoms with E-state index >= 15 is 0 Å². The van der Waals surface area contributed by atoms with Gasteiger partial charge in [-0.2, -0.15) is 5.26 Å². The third-order valence-corrected chi connectivity index (χ3v) is 3.40. The maximum Gasteiger partial charge on any atom is 0.137 e. The predicted molar refractivity (Wildman–Crippen MR) is 71.6 cm³/mol. The van der Waals surface area contributed by atoms with Gasteiger partial charge in [0.2, 0.25) is 0 Å². The number of hydrogen-bond donors (Lipinski definition) is 0. The number of thiazole rings is 1. The van der Waals surface area contributed by atoms with Crippen molar-refractivity contribution >= 4 is 11.3 Å². The first-order valence-electron chi connectivity index (χ1n) is 5.88. The lowest BCUT2D eigenvalue weighted by atomic mass is 10.2. The van der Waals surface area contributed by atoms with Crippen LogP contribution in [-0.2, 0) is 13.0 Å². The Morgan fingerprint density at radius 2 is 2.22 bits per heavy atom. The van der Waals surface area contributed by atoms with Crippen molar-refractivity contribution in [3.8, 4) is 11.8 Å². The molecule has 0 aliphatic carbocycles. The zero-order chi connectivity index (χ0) is 12.8. The van der Waals surface area contributed by atoms with E-state index in [4.69, 9.17) is 10.00 Å². The average Bonchev–Trinajstić information content (AvgIpc) is 2.85. The van der Waals surface area contributed by atoms with E-state index in [1.54, 1.807) is 23.5 Å². The molecule has 0 unspecified atom stereocenters. The van der Waals surface area contributed by atoms with Crippen LogP contribution in [0.4, 0.5) is 0 Å². The van der Waals surface area contributed by atoms with Crippen LogP contribution in [0.5, 0.6) is 5.75 Å². The molecule has 18 heavy (non-hydrogen) atoms. The summed E-state index contributed by atoms with van der Waals surface area (Å²) >= 11 is 1.66. The van der Waals surface area contributed by atoms with E-state index < -0.39 is 0 Å². The minimum Gasteiger partial charge on any atom is -0.486 e. The van der Waals surface area contributed by atoms with Crippen molar-refractivity contribution in [2.45, 2.75) is 26.4 Å². The molecule has 1 heterocycles. The second-order valence-electron chi connectivity index (χ2n) is 3.88. The monoisotopic (exact) mass is 258 g/mol. The van der Waals surface area contributed by atoms with Crippen molar-refractivity contribution in [2.75, 3.05) is 0 Å². The molecule has 0 amide bonds. The van der Waals surface area contributed by atoms with Gasteiger partial charge in [-0.1, -0.05) is 19.1 Å². The SMILES string of the molecule is CCCc1nc(COc2ccccc2C#N)cs1. The number of hydrogen-bond acceptors (Lipinski definition) is 4. The quantitative estimate of drug-likeness (QED) is 0.824. The Kier molecular flexibility index (Phi) is 4.32. The Hall–Kier alpha value is -1.86. The minimum absolute atomic E-state index is 0.416. The molecule has 0 spiro atoms. The highest BCUT2D eigenvalue weighted by atomic mass is 32.1. The van der Waals surface area contributed by atoms with Gasteiger partial charge in [0.1, 0.15) is 18.4 Å². The maximum atomic E-state index is 8.95. The molecule has 0 bridgehead atoms. The second-order valence-corrected chi connectivity index (χ2v) is 4.82. The molecule has 4 heteroatoms. The molecule has 0 aliphatic heterocycles. The number of nitrogens with zero attached hydrogens (tertiary/aromatic N) is 2. The lowest BCUT2D eigenvalue weighted by molar-refractivity contribution is 0.301. The molecular formula is C14H14N2OS. The fourth-order valence-electron chi connectivity index (χ4n) is 1.58. The van der Waals surface area contributed by atoms with Gasteiger partial charge in [-0.15, -0.1) is 11.3 Å². The van der Waals surface area contributed by atoms with Crippen molar-refractivity contribution < 1.29 is 4.74 Å². The number of ether oxygens (including phenoxy) is 1. The molecule has 2 rings (SSSR count). The molecule has 0 saturated heterocycles. The minimum atomic E-state index is 0.416. The van der Waals surface area contributed by atoms with Crippen LogP contribution in [0.25, 0.3) is 0 Å². The van der Waals surface area contributed by atoms with E-state index in [0.29, 0.717) is 17.9 Å². The summed E-state index contributed by atoms with van der Waals surface area (Å²) in [7, 11) is 0. The Morgan fingerprint density at radius 3 is 3.00 bits per heavy atom. The summed E-state index contributed by atoms with van der Waals surface area (Å²) in [6.45, 7) is 2.56. The van der Waals surface area contributed by atoms with Crippen molar-refractivity contribution in [1.82, 2.24) is 4.98 Å². The van der Waals surface area contributed by atoms with Gasteiger partial charge < -0.3 is 4.74 Å². The van der Waals surface area contributed by atoms with Gasteiger partial charge in [-0.25, -0.2) is 4.98 Å². The van der Waals surface area contributed by atoms with Gasteiger partial charge in [0.05, 0.1) is 16.3 Å². The third kappa shape index (κ3) is 3.08. The van der Waals surface area contributed by atoms with E-state index in [1.807, 2.05) is 17.5 Å². The Labute approximate surface area is 111 Å². The predicted octanol–water partition coefficient (Wildman–Crippen LogP) is 3.55. The van der Waals surface area contributed by atoms with Gasteiger partial charge in [-0.3, -0.25) is 0 Å². The number of aryl methyl sites for hydroxylation is 1. The highest BCUT2D eigenvalue weighted by molar-refractivity contribution is 7.09. The molecule has 0 radical (unpaired) electrons. The summed E-state index contributed by atoms with van der Waals surface area (Å²) in [5, 5.41) is 12.1. The van der Waals surface area contributed by atoms with Crippen LogP contribution in [0.3, 0.4) is 0 Å². The topological polar surface area (TPSA) is 45.9 Å². The lowest BCUT2D eigenvalue weighted by Gasteiger charge is -2.05. The van der Waals surface area contributed by atoms with Gasteiger partial charge in [0, 0.05) is 5.38 Å². The van der Waals surface area contributed by atoms with Gasteiger partial charge in [0.15, 0.2) is 0 Å². The number of nitriles is 1. The van der Waals surface area contributed by atoms with Crippen molar-refractivity contribution in [2.24, 2.45) is 0 Å². The Morgan fingerprint density at radius 1 is 1.39 bits per heavy atom. The number of para-hydroxylation sites is 1. The second kappa shape index (κ2) is 6.18. The van der Waals surface area contributed by atoms with Crippen LogP contribution < -0.4 is 4.74 Å². The highest BCUT2D eigenvalue weighted by Gasteiger charge is 2.05. The fourth-order valence-corrected chi connectivity index (χ4v) is 2.47. The van der Waals surface area contributed by atoms with E-state index in [9.17, 15) is 0 Å². The van der Waals surface area contributed by atoms with E-state index in [1.165, 1.54) is 0 Å². The smallest absolute Gasteiger partial charge is 0.137 e. The van der Waals surface area contributed by atoms with Gasteiger partial charge >= 0.3 is 0 Å². The molecule has 3 nitrogen and oxygen atoms in total. The molecule has 2 aromatic rings. The van der Waals surface area contributed by atoms with Crippen LogP contribution in [0, 0.1) is 11.3 Å². The number of rotatable bonds is 5. The number of aromatic nitrogens is 1. The van der Waals surface area contributed by atoms with Crippen LogP contribution in [-0.4, -0.2) is 4.98 Å². The lowest BCUT2D eigenvalue weighted by Crippen LogP contribution is -1.97. The summed E-state index contributed by atoms with van der Waals surface area (Å²) in [6, 6.07) is 9.35. The third-order valence-electron chi connectivity index (χ3n) is 2.45. The average molecular weight is 258 g/mol. The van der Waals surface area contributed by atoms with Crippen LogP contribution in [0.15, 0.2) is 29.6 Å². The molecule has 1 aromatic heterocycles. The van der Waals surface area contributed by atoms with Crippen molar-refractivity contribution in [3.05, 3.63) is 45.9 Å². The molecule has 0 N–H and O–H groups in total. The standard InChI is InChI=1S/C14H14N2OS/c1-2-5-14-16-12(10-18-14)9-17-13-7-4-3-6-11(13)8-15/h3-4,6-7,10H,2,5,9H2,1H3. The maximum absolute atomic E-state index is 8.95. The zero-order valence-electron chi connectivity index (χ0n) is 10.2. The van der Waals surface area contributed by atoms with Gasteiger partial charge in [0.25, 0.3) is 0 Å². The zero-order valence-corrected chi connectivity index (χ0v) is 11.0. The van der Waals surface area contributed by atoms with Crippen LogP contribution in [0.1, 0.15) is 29.6 Å². The fraction of sp³-hybridized carbons (Fsp3) is 0.286. The summed E-state index contributed by atoms with van der Waals surface area (Å²) in [5.74, 6) is 0.616. The summed E-state index contributed by atoms with van der Waals surface area (Å²) in [6.07, 6.45) is 2.12. The molecule has 92 valence electrons. The molecule has 0 saturated carbocycles. The molecule has 0 aliphatic rings. The molecule has 0 fully saturated rings. The largest absolute Gasteiger partial charge is 0.486 e. The van der Waals surface area contributed by atoms with E-state index in [0.717, 1.165) is 23.5 Å². The van der Waals surface area contributed by atoms with Crippen molar-refractivity contribution in [1.29, 1.82) is 5.26 Å². The normalized spacial score (nSPS) is 10.0. The van der Waals surface area contributed by atoms with Crippen molar-refractivity contribution in [3.63, 3.8) is 0 Å². The Bertz CT molecular complexity index is 557. The summed E-state index contributed by atoms with van der Waals surface area (Å²) < 4.78 is 5.63. The van der Waals surface area contributed by atoms with Gasteiger partial charge in [-0.05, 0) is 25.0 Å². The highest BCUT2D eigenvalue weighted by Crippen LogP contribution is 2.19. The molecule has 0 atom stereocenters. The number of benzene rings is 1. The molecule has 1 aromatic carbocycles. The first kappa shape index (κ1) is 12.6. The van der Waals surface area contributed by atoms with Crippen LogP contribution >= 0.6 is 11.3 Å². The summed E-state index contributed by atoms with van der Waals surface area (Å²) in [5.41, 5.74) is 1.48. The summed E-state index contributed by atoms with van der Waals surface area (Å²) in [4.78, 5) is 4.48. The van der Waals surface area contributed by atoms with Crippen LogP contribution in [0.2, 0.25) is 0 Å². The first-order valence-corrected chi connectivity index (χ1v) is 6.76. The van der Waals surface area contributed by atoms with E-state index in [-0.39, 0.29) is 0 Å². The molecular weight excluding hydrogens is 244 g/mol. The first-order chi connectivity index (χ1) is 8.83.